The molecule has 0 radical (unpaired) electrons. The third-order valence-electron chi connectivity index (χ3n) is 2.95. The van der Waals surface area contributed by atoms with Crippen molar-refractivity contribution in [3.05, 3.63) is 69.4 Å². The third-order valence-corrected chi connectivity index (χ3v) is 3.69. The number of hydrogen-bond acceptors (Lipinski definition) is 3. The molecule has 0 aliphatic rings. The van der Waals surface area contributed by atoms with Crippen LogP contribution in [0.3, 0.4) is 0 Å². The van der Waals surface area contributed by atoms with Crippen molar-refractivity contribution in [2.75, 3.05) is 7.11 Å². The van der Waals surface area contributed by atoms with E-state index in [9.17, 15) is 9.18 Å². The van der Waals surface area contributed by atoms with Crippen LogP contribution in [0.15, 0.2) is 46.9 Å². The van der Waals surface area contributed by atoms with Gasteiger partial charge in [0.1, 0.15) is 5.82 Å². The average molecular weight is 353 g/mol. The van der Waals surface area contributed by atoms with Crippen LogP contribution in [0, 0.1) is 5.82 Å². The quantitative estimate of drug-likeness (QED) is 0.760. The number of halogens is 2. The van der Waals surface area contributed by atoms with E-state index in [0.717, 1.165) is 10.0 Å². The first-order valence-electron chi connectivity index (χ1n) is 6.29. The summed E-state index contributed by atoms with van der Waals surface area (Å²) in [6.07, 6.45) is 0. The number of carbonyl (C=O) groups excluding carboxylic acids is 1. The second-order valence-corrected chi connectivity index (χ2v) is 5.24. The van der Waals surface area contributed by atoms with Crippen molar-refractivity contribution in [3.63, 3.8) is 0 Å². The Hall–Kier alpha value is -1.72. The standard InChI is InChI=1S/C16H14BrFO3/c1-20-16(19)11-6-7-12(14(17)8-11)9-21-10-13-4-2-3-5-15(13)18/h2-8H,9-10H2,1H3. The van der Waals surface area contributed by atoms with Gasteiger partial charge >= 0.3 is 5.97 Å². The number of hydrogen-bond donors (Lipinski definition) is 0. The van der Waals surface area contributed by atoms with Crippen LogP contribution in [-0.4, -0.2) is 13.1 Å². The summed E-state index contributed by atoms with van der Waals surface area (Å²) in [7, 11) is 1.33. The zero-order valence-electron chi connectivity index (χ0n) is 11.4. The maximum absolute atomic E-state index is 13.4. The topological polar surface area (TPSA) is 35.5 Å². The smallest absolute Gasteiger partial charge is 0.337 e. The summed E-state index contributed by atoms with van der Waals surface area (Å²) < 4.78 is 24.3. The molecule has 0 aromatic heterocycles. The SMILES string of the molecule is COC(=O)c1ccc(COCc2ccccc2F)c(Br)c1. The van der Waals surface area contributed by atoms with Gasteiger partial charge in [0.2, 0.25) is 0 Å². The molecule has 0 saturated heterocycles. The van der Waals surface area contributed by atoms with E-state index in [1.165, 1.54) is 13.2 Å². The first-order valence-corrected chi connectivity index (χ1v) is 7.09. The summed E-state index contributed by atoms with van der Waals surface area (Å²) in [5.74, 6) is -0.674. The second-order valence-electron chi connectivity index (χ2n) is 4.38. The monoisotopic (exact) mass is 352 g/mol. The molecule has 2 rings (SSSR count). The number of esters is 1. The van der Waals surface area contributed by atoms with Crippen LogP contribution in [0.2, 0.25) is 0 Å². The van der Waals surface area contributed by atoms with E-state index in [-0.39, 0.29) is 12.4 Å². The Bertz CT molecular complexity index is 643. The first kappa shape index (κ1) is 15.7. The lowest BCUT2D eigenvalue weighted by molar-refractivity contribution is 0.0600. The molecule has 3 nitrogen and oxygen atoms in total. The van der Waals surface area contributed by atoms with Crippen molar-refractivity contribution >= 4 is 21.9 Å². The van der Waals surface area contributed by atoms with E-state index in [1.807, 2.05) is 0 Å². The van der Waals surface area contributed by atoms with Crippen LogP contribution in [0.25, 0.3) is 0 Å². The minimum absolute atomic E-state index is 0.192. The number of carbonyl (C=O) groups is 1. The highest BCUT2D eigenvalue weighted by Crippen LogP contribution is 2.20. The van der Waals surface area contributed by atoms with Gasteiger partial charge in [0.15, 0.2) is 0 Å². The third kappa shape index (κ3) is 4.12. The summed E-state index contributed by atoms with van der Waals surface area (Å²) in [5, 5.41) is 0. The van der Waals surface area contributed by atoms with Crippen LogP contribution in [-0.2, 0) is 22.7 Å². The van der Waals surface area contributed by atoms with Gasteiger partial charge in [0.25, 0.3) is 0 Å². The lowest BCUT2D eigenvalue weighted by Gasteiger charge is -2.08. The molecule has 2 aromatic carbocycles. The highest BCUT2D eigenvalue weighted by molar-refractivity contribution is 9.10. The minimum Gasteiger partial charge on any atom is -0.465 e. The number of methoxy groups -OCH3 is 1. The Labute approximate surface area is 130 Å². The van der Waals surface area contributed by atoms with Crippen molar-refractivity contribution < 1.29 is 18.7 Å². The fraction of sp³-hybridized carbons (Fsp3) is 0.188. The van der Waals surface area contributed by atoms with Gasteiger partial charge in [-0.2, -0.15) is 0 Å². The van der Waals surface area contributed by atoms with Gasteiger partial charge in [0, 0.05) is 10.0 Å². The molecule has 21 heavy (non-hydrogen) atoms. The van der Waals surface area contributed by atoms with Gasteiger partial charge in [-0.1, -0.05) is 40.2 Å². The molecule has 0 aliphatic heterocycles. The van der Waals surface area contributed by atoms with Gasteiger partial charge in [-0.05, 0) is 23.8 Å². The molecule has 5 heteroatoms. The largest absolute Gasteiger partial charge is 0.465 e. The van der Waals surface area contributed by atoms with Crippen LogP contribution >= 0.6 is 15.9 Å². The van der Waals surface area contributed by atoms with Gasteiger partial charge in [0.05, 0.1) is 25.9 Å². The van der Waals surface area contributed by atoms with Crippen molar-refractivity contribution in [2.24, 2.45) is 0 Å². The molecule has 2 aromatic rings. The fourth-order valence-corrected chi connectivity index (χ4v) is 2.29. The zero-order valence-corrected chi connectivity index (χ0v) is 13.0. The molecule has 0 saturated carbocycles. The Balaban J connectivity index is 1.98. The van der Waals surface area contributed by atoms with E-state index in [2.05, 4.69) is 20.7 Å². The molecular formula is C16H14BrFO3. The summed E-state index contributed by atoms with van der Waals surface area (Å²) in [5.41, 5.74) is 1.85. The molecule has 0 amide bonds. The normalized spacial score (nSPS) is 10.4. The Morgan fingerprint density at radius 3 is 2.52 bits per heavy atom. The predicted molar refractivity (Wildman–Crippen MR) is 80.4 cm³/mol. The molecular weight excluding hydrogens is 339 g/mol. The van der Waals surface area contributed by atoms with Crippen LogP contribution in [0.1, 0.15) is 21.5 Å². The van der Waals surface area contributed by atoms with Crippen LogP contribution in [0.4, 0.5) is 4.39 Å². The minimum atomic E-state index is -0.394. The molecule has 0 N–H and O–H groups in total. The van der Waals surface area contributed by atoms with E-state index in [4.69, 9.17) is 4.74 Å². The first-order chi connectivity index (χ1) is 10.1. The predicted octanol–water partition coefficient (Wildman–Crippen LogP) is 4.09. The lowest BCUT2D eigenvalue weighted by atomic mass is 10.1. The van der Waals surface area contributed by atoms with Gasteiger partial charge in [-0.15, -0.1) is 0 Å². The van der Waals surface area contributed by atoms with Crippen molar-refractivity contribution in [2.45, 2.75) is 13.2 Å². The number of ether oxygens (including phenoxy) is 2. The Morgan fingerprint density at radius 1 is 1.14 bits per heavy atom. The van der Waals surface area contributed by atoms with Crippen molar-refractivity contribution in [3.8, 4) is 0 Å². The Kier molecular flexibility index (Phi) is 5.47. The molecule has 0 fully saturated rings. The average Bonchev–Trinajstić information content (AvgIpc) is 2.50. The summed E-state index contributed by atoms with van der Waals surface area (Å²) in [6.45, 7) is 0.508. The van der Waals surface area contributed by atoms with Crippen molar-refractivity contribution in [1.82, 2.24) is 0 Å². The molecule has 0 atom stereocenters. The van der Waals surface area contributed by atoms with Gasteiger partial charge in [-0.25, -0.2) is 9.18 Å². The van der Waals surface area contributed by atoms with Crippen LogP contribution < -0.4 is 0 Å². The maximum atomic E-state index is 13.4. The van der Waals surface area contributed by atoms with Gasteiger partial charge in [-0.3, -0.25) is 0 Å². The lowest BCUT2D eigenvalue weighted by Crippen LogP contribution is -2.02. The second kappa shape index (κ2) is 7.33. The summed E-state index contributed by atoms with van der Waals surface area (Å²) in [4.78, 5) is 11.4. The highest BCUT2D eigenvalue weighted by Gasteiger charge is 2.09. The molecule has 0 spiro atoms. The Morgan fingerprint density at radius 2 is 1.86 bits per heavy atom. The molecule has 0 unspecified atom stereocenters. The number of rotatable bonds is 5. The zero-order chi connectivity index (χ0) is 15.2. The molecule has 0 heterocycles. The van der Waals surface area contributed by atoms with E-state index >= 15 is 0 Å². The van der Waals surface area contributed by atoms with E-state index < -0.39 is 5.97 Å². The van der Waals surface area contributed by atoms with E-state index in [1.54, 1.807) is 36.4 Å². The van der Waals surface area contributed by atoms with Gasteiger partial charge < -0.3 is 9.47 Å². The molecule has 0 aliphatic carbocycles. The maximum Gasteiger partial charge on any atom is 0.337 e. The number of benzene rings is 2. The van der Waals surface area contributed by atoms with E-state index in [0.29, 0.717) is 17.7 Å². The molecule has 110 valence electrons. The van der Waals surface area contributed by atoms with Crippen molar-refractivity contribution in [1.29, 1.82) is 0 Å². The summed E-state index contributed by atoms with van der Waals surface area (Å²) >= 11 is 3.38. The fourth-order valence-electron chi connectivity index (χ4n) is 1.80. The van der Waals surface area contributed by atoms with Crippen LogP contribution in [0.5, 0.6) is 0 Å². The molecule has 0 bridgehead atoms. The highest BCUT2D eigenvalue weighted by atomic mass is 79.9. The summed E-state index contributed by atoms with van der Waals surface area (Å²) in [6, 6.07) is 11.6.